The van der Waals surface area contributed by atoms with E-state index in [4.69, 9.17) is 10.7 Å². The van der Waals surface area contributed by atoms with Crippen molar-refractivity contribution in [2.24, 2.45) is 0 Å². The Bertz CT molecular complexity index is 395. The minimum atomic E-state index is -3.58. The van der Waals surface area contributed by atoms with Crippen molar-refractivity contribution in [3.63, 3.8) is 0 Å². The summed E-state index contributed by atoms with van der Waals surface area (Å²) in [5.74, 6) is 0.446. The summed E-state index contributed by atoms with van der Waals surface area (Å²) in [6.07, 6.45) is 1.03. The summed E-state index contributed by atoms with van der Waals surface area (Å²) in [5, 5.41) is 0. The summed E-state index contributed by atoms with van der Waals surface area (Å²) < 4.78 is 21.9. The van der Waals surface area contributed by atoms with Crippen LogP contribution >= 0.6 is 10.7 Å². The zero-order chi connectivity index (χ0) is 10.8. The predicted octanol–water partition coefficient (Wildman–Crippen LogP) is 3.13. The molecule has 2 nitrogen and oxygen atoms in total. The number of hydrogen-bond acceptors (Lipinski definition) is 2. The molecular weight excluding hydrogens is 220 g/mol. The Kier molecular flexibility index (Phi) is 3.56. The Hall–Kier alpha value is -0.540. The van der Waals surface area contributed by atoms with Gasteiger partial charge in [-0.2, -0.15) is 0 Å². The van der Waals surface area contributed by atoms with Gasteiger partial charge in [-0.05, 0) is 30.0 Å². The van der Waals surface area contributed by atoms with Gasteiger partial charge in [-0.25, -0.2) is 8.42 Å². The molecule has 14 heavy (non-hydrogen) atoms. The van der Waals surface area contributed by atoms with E-state index < -0.39 is 9.05 Å². The first kappa shape index (κ1) is 11.5. The van der Waals surface area contributed by atoms with Crippen LogP contribution in [-0.2, 0) is 9.05 Å². The second-order valence-electron chi connectivity index (χ2n) is 3.32. The highest BCUT2D eigenvalue weighted by Gasteiger charge is 2.10. The predicted molar refractivity (Wildman–Crippen MR) is 58.2 cm³/mol. The average Bonchev–Trinajstić information content (AvgIpc) is 2.15. The monoisotopic (exact) mass is 232 g/mol. The van der Waals surface area contributed by atoms with Gasteiger partial charge in [-0.1, -0.05) is 26.0 Å². The standard InChI is InChI=1S/C10H13ClO2S/c1-3-8(2)9-4-6-10(7-5-9)14(11,12)13/h4-8H,3H2,1-2H3/t8-/m1/s1. The van der Waals surface area contributed by atoms with E-state index in [0.717, 1.165) is 12.0 Å². The van der Waals surface area contributed by atoms with E-state index in [0.29, 0.717) is 5.92 Å². The van der Waals surface area contributed by atoms with Crippen molar-refractivity contribution in [1.29, 1.82) is 0 Å². The zero-order valence-corrected chi connectivity index (χ0v) is 9.77. The largest absolute Gasteiger partial charge is 0.261 e. The minimum Gasteiger partial charge on any atom is -0.207 e. The second-order valence-corrected chi connectivity index (χ2v) is 5.88. The number of hydrogen-bond donors (Lipinski definition) is 0. The van der Waals surface area contributed by atoms with Crippen LogP contribution in [0.3, 0.4) is 0 Å². The van der Waals surface area contributed by atoms with Crippen molar-refractivity contribution in [1.82, 2.24) is 0 Å². The Balaban J connectivity index is 3.01. The highest BCUT2D eigenvalue weighted by Crippen LogP contribution is 2.21. The van der Waals surface area contributed by atoms with Crippen LogP contribution in [0.1, 0.15) is 31.7 Å². The van der Waals surface area contributed by atoms with Crippen LogP contribution in [0.2, 0.25) is 0 Å². The molecule has 0 saturated carbocycles. The van der Waals surface area contributed by atoms with E-state index in [1.165, 1.54) is 0 Å². The third-order valence-electron chi connectivity index (χ3n) is 2.34. The van der Waals surface area contributed by atoms with Crippen LogP contribution in [0.5, 0.6) is 0 Å². The average molecular weight is 233 g/mol. The molecule has 0 aromatic heterocycles. The second kappa shape index (κ2) is 4.32. The van der Waals surface area contributed by atoms with Crippen LogP contribution in [0.25, 0.3) is 0 Å². The van der Waals surface area contributed by atoms with Gasteiger partial charge in [0.15, 0.2) is 0 Å². The molecule has 0 fully saturated rings. The molecule has 1 rings (SSSR count). The van der Waals surface area contributed by atoms with Crippen molar-refractivity contribution in [3.8, 4) is 0 Å². The Morgan fingerprint density at radius 3 is 2.14 bits per heavy atom. The lowest BCUT2D eigenvalue weighted by Gasteiger charge is -2.08. The molecular formula is C10H13ClO2S. The van der Waals surface area contributed by atoms with Crippen LogP contribution < -0.4 is 0 Å². The highest BCUT2D eigenvalue weighted by atomic mass is 35.7. The van der Waals surface area contributed by atoms with Crippen molar-refractivity contribution < 1.29 is 8.42 Å². The van der Waals surface area contributed by atoms with Gasteiger partial charge in [-0.3, -0.25) is 0 Å². The quantitative estimate of drug-likeness (QED) is 0.751. The molecule has 78 valence electrons. The van der Waals surface area contributed by atoms with Crippen LogP contribution in [0.4, 0.5) is 0 Å². The van der Waals surface area contributed by atoms with E-state index in [2.05, 4.69) is 13.8 Å². The molecule has 0 bridgehead atoms. The van der Waals surface area contributed by atoms with Gasteiger partial charge in [0, 0.05) is 10.7 Å². The highest BCUT2D eigenvalue weighted by molar-refractivity contribution is 8.13. The maximum atomic E-state index is 10.9. The molecule has 0 saturated heterocycles. The minimum absolute atomic E-state index is 0.159. The Labute approximate surface area is 89.3 Å². The lowest BCUT2D eigenvalue weighted by atomic mass is 9.99. The molecule has 0 amide bonds. The van der Waals surface area contributed by atoms with E-state index in [1.807, 2.05) is 12.1 Å². The summed E-state index contributed by atoms with van der Waals surface area (Å²) in [6.45, 7) is 4.20. The molecule has 0 spiro atoms. The third kappa shape index (κ3) is 2.72. The van der Waals surface area contributed by atoms with E-state index in [-0.39, 0.29) is 4.90 Å². The lowest BCUT2D eigenvalue weighted by Crippen LogP contribution is -1.94. The zero-order valence-electron chi connectivity index (χ0n) is 8.20. The normalized spacial score (nSPS) is 13.9. The summed E-state index contributed by atoms with van der Waals surface area (Å²) >= 11 is 0. The fourth-order valence-corrected chi connectivity index (χ4v) is 1.96. The number of benzene rings is 1. The first-order chi connectivity index (χ1) is 6.45. The van der Waals surface area contributed by atoms with Gasteiger partial charge in [-0.15, -0.1) is 0 Å². The molecule has 0 heterocycles. The molecule has 1 aromatic rings. The van der Waals surface area contributed by atoms with E-state index in [9.17, 15) is 8.42 Å². The van der Waals surface area contributed by atoms with Crippen LogP contribution in [0.15, 0.2) is 29.2 Å². The van der Waals surface area contributed by atoms with Crippen LogP contribution in [-0.4, -0.2) is 8.42 Å². The fourth-order valence-electron chi connectivity index (χ4n) is 1.19. The molecule has 1 aromatic carbocycles. The summed E-state index contributed by atoms with van der Waals surface area (Å²) in [7, 11) is 1.62. The van der Waals surface area contributed by atoms with Crippen LogP contribution in [0, 0.1) is 0 Å². The first-order valence-corrected chi connectivity index (χ1v) is 6.80. The molecule has 0 radical (unpaired) electrons. The SMILES string of the molecule is CC[C@@H](C)c1ccc(S(=O)(=O)Cl)cc1. The summed E-state index contributed by atoms with van der Waals surface area (Å²) in [4.78, 5) is 0.159. The van der Waals surface area contributed by atoms with Gasteiger partial charge in [0.2, 0.25) is 0 Å². The molecule has 0 aliphatic heterocycles. The number of rotatable bonds is 3. The fraction of sp³-hybridized carbons (Fsp3) is 0.400. The maximum Gasteiger partial charge on any atom is 0.261 e. The number of halogens is 1. The van der Waals surface area contributed by atoms with E-state index in [1.54, 1.807) is 12.1 Å². The van der Waals surface area contributed by atoms with Gasteiger partial charge >= 0.3 is 0 Å². The topological polar surface area (TPSA) is 34.1 Å². The van der Waals surface area contributed by atoms with Crippen molar-refractivity contribution in [3.05, 3.63) is 29.8 Å². The molecule has 0 N–H and O–H groups in total. The maximum absolute atomic E-state index is 10.9. The smallest absolute Gasteiger partial charge is 0.207 e. The van der Waals surface area contributed by atoms with Gasteiger partial charge in [0.1, 0.15) is 0 Å². The lowest BCUT2D eigenvalue weighted by molar-refractivity contribution is 0.609. The van der Waals surface area contributed by atoms with Gasteiger partial charge < -0.3 is 0 Å². The van der Waals surface area contributed by atoms with Crippen molar-refractivity contribution in [2.75, 3.05) is 0 Å². The van der Waals surface area contributed by atoms with Gasteiger partial charge in [0.25, 0.3) is 9.05 Å². The summed E-state index contributed by atoms with van der Waals surface area (Å²) in [6, 6.07) is 6.71. The first-order valence-electron chi connectivity index (χ1n) is 4.49. The molecule has 0 aliphatic rings. The third-order valence-corrected chi connectivity index (χ3v) is 3.71. The molecule has 1 atom stereocenters. The summed E-state index contributed by atoms with van der Waals surface area (Å²) in [5.41, 5.74) is 1.14. The Morgan fingerprint density at radius 2 is 1.79 bits per heavy atom. The molecule has 0 aliphatic carbocycles. The van der Waals surface area contributed by atoms with Gasteiger partial charge in [0.05, 0.1) is 4.90 Å². The van der Waals surface area contributed by atoms with Crippen molar-refractivity contribution >= 4 is 19.7 Å². The molecule has 0 unspecified atom stereocenters. The van der Waals surface area contributed by atoms with E-state index >= 15 is 0 Å². The Morgan fingerprint density at radius 1 is 1.29 bits per heavy atom. The molecule has 4 heteroatoms. The van der Waals surface area contributed by atoms with Crippen molar-refractivity contribution in [2.45, 2.75) is 31.1 Å².